The van der Waals surface area contributed by atoms with Crippen LogP contribution in [0.25, 0.3) is 10.2 Å². The number of hydrogen-bond donors (Lipinski definition) is 2. The zero-order valence-electron chi connectivity index (χ0n) is 13.7. The molecule has 0 bridgehead atoms. The number of amides is 1. The van der Waals surface area contributed by atoms with Gasteiger partial charge in [0, 0.05) is 11.3 Å². The van der Waals surface area contributed by atoms with Crippen molar-refractivity contribution in [2.24, 2.45) is 0 Å². The number of hydrogen-bond acceptors (Lipinski definition) is 4. The molecule has 0 fully saturated rings. The van der Waals surface area contributed by atoms with Crippen LogP contribution < -0.4 is 11.1 Å². The van der Waals surface area contributed by atoms with Crippen LogP contribution in [0, 0.1) is 0 Å². The van der Waals surface area contributed by atoms with Crippen LogP contribution in [0.15, 0.2) is 36.4 Å². The predicted octanol–water partition coefficient (Wildman–Crippen LogP) is 5.08. The lowest BCUT2D eigenvalue weighted by molar-refractivity contribution is 0.102. The Morgan fingerprint density at radius 2 is 1.88 bits per heavy atom. The number of aromatic nitrogens is 1. The lowest BCUT2D eigenvalue weighted by atomic mass is 9.87. The van der Waals surface area contributed by atoms with Crippen molar-refractivity contribution in [3.05, 3.63) is 52.5 Å². The van der Waals surface area contributed by atoms with Gasteiger partial charge in [0.05, 0.1) is 9.72 Å². The third-order valence-electron chi connectivity index (χ3n) is 3.74. The van der Waals surface area contributed by atoms with Gasteiger partial charge in [-0.15, -0.1) is 0 Å². The van der Waals surface area contributed by atoms with E-state index in [1.54, 1.807) is 6.07 Å². The van der Waals surface area contributed by atoms with Crippen LogP contribution in [-0.2, 0) is 5.41 Å². The molecule has 124 valence electrons. The fourth-order valence-electron chi connectivity index (χ4n) is 2.40. The summed E-state index contributed by atoms with van der Waals surface area (Å²) in [5.41, 5.74) is 8.84. The smallest absolute Gasteiger partial charge is 0.255 e. The number of nitrogen functional groups attached to an aromatic ring is 1. The van der Waals surface area contributed by atoms with Crippen molar-refractivity contribution in [3.8, 4) is 0 Å². The standard InChI is InChI=1S/C18H18ClN3OS/c1-18(2,3)11-6-4-10(5-7-11)16(23)21-12-8-13(19)15-14(9-12)24-17(20)22-15/h4-9H,1-3H3,(H2,20,22)(H,21,23). The van der Waals surface area contributed by atoms with Crippen LogP contribution in [-0.4, -0.2) is 10.9 Å². The molecule has 3 aromatic rings. The highest BCUT2D eigenvalue weighted by molar-refractivity contribution is 7.22. The van der Waals surface area contributed by atoms with Gasteiger partial charge in [-0.2, -0.15) is 0 Å². The van der Waals surface area contributed by atoms with Gasteiger partial charge < -0.3 is 11.1 Å². The molecule has 3 N–H and O–H groups in total. The van der Waals surface area contributed by atoms with Crippen LogP contribution in [0.4, 0.5) is 10.8 Å². The van der Waals surface area contributed by atoms with E-state index < -0.39 is 0 Å². The maximum atomic E-state index is 12.4. The van der Waals surface area contributed by atoms with Crippen LogP contribution in [0.1, 0.15) is 36.7 Å². The summed E-state index contributed by atoms with van der Waals surface area (Å²) < 4.78 is 0.846. The lowest BCUT2D eigenvalue weighted by Crippen LogP contribution is -2.14. The Kier molecular flexibility index (Phi) is 4.24. The molecule has 6 heteroatoms. The fourth-order valence-corrected chi connectivity index (χ4v) is 3.52. The molecule has 1 heterocycles. The summed E-state index contributed by atoms with van der Waals surface area (Å²) in [5.74, 6) is -0.177. The molecule has 0 saturated carbocycles. The number of rotatable bonds is 2. The highest BCUT2D eigenvalue weighted by Crippen LogP contribution is 2.33. The SMILES string of the molecule is CC(C)(C)c1ccc(C(=O)Nc2cc(Cl)c3nc(N)sc3c2)cc1. The third kappa shape index (κ3) is 3.37. The molecule has 0 atom stereocenters. The van der Waals surface area contributed by atoms with Gasteiger partial charge in [-0.3, -0.25) is 4.79 Å². The number of halogens is 1. The Hall–Kier alpha value is -2.11. The molecule has 24 heavy (non-hydrogen) atoms. The first-order chi connectivity index (χ1) is 11.2. The van der Waals surface area contributed by atoms with Crippen molar-refractivity contribution in [2.75, 3.05) is 11.1 Å². The van der Waals surface area contributed by atoms with E-state index in [1.807, 2.05) is 30.3 Å². The average Bonchev–Trinajstić information content (AvgIpc) is 2.87. The summed E-state index contributed by atoms with van der Waals surface area (Å²) in [5, 5.41) is 3.80. The largest absolute Gasteiger partial charge is 0.375 e. The number of carbonyl (C=O) groups is 1. The summed E-state index contributed by atoms with van der Waals surface area (Å²) in [6, 6.07) is 11.1. The molecule has 0 saturated heterocycles. The number of thiazole rings is 1. The second-order valence-corrected chi connectivity index (χ2v) is 8.11. The van der Waals surface area contributed by atoms with E-state index in [4.69, 9.17) is 17.3 Å². The van der Waals surface area contributed by atoms with E-state index in [-0.39, 0.29) is 11.3 Å². The van der Waals surface area contributed by atoms with E-state index in [0.717, 1.165) is 4.70 Å². The van der Waals surface area contributed by atoms with Crippen molar-refractivity contribution in [1.82, 2.24) is 4.98 Å². The molecule has 0 aliphatic carbocycles. The Labute approximate surface area is 149 Å². The van der Waals surface area contributed by atoms with Crippen LogP contribution >= 0.6 is 22.9 Å². The zero-order valence-corrected chi connectivity index (χ0v) is 15.3. The van der Waals surface area contributed by atoms with Crippen molar-refractivity contribution in [1.29, 1.82) is 0 Å². The first-order valence-corrected chi connectivity index (χ1v) is 8.71. The molecular weight excluding hydrogens is 342 g/mol. The maximum absolute atomic E-state index is 12.4. The molecular formula is C18H18ClN3OS. The molecule has 0 aliphatic heterocycles. The summed E-state index contributed by atoms with van der Waals surface area (Å²) in [4.78, 5) is 16.6. The summed E-state index contributed by atoms with van der Waals surface area (Å²) >= 11 is 7.55. The number of benzene rings is 2. The number of nitrogens with two attached hydrogens (primary N) is 1. The van der Waals surface area contributed by atoms with Crippen LogP contribution in [0.5, 0.6) is 0 Å². The lowest BCUT2D eigenvalue weighted by Gasteiger charge is -2.19. The molecule has 0 unspecified atom stereocenters. The van der Waals surface area contributed by atoms with E-state index >= 15 is 0 Å². The average molecular weight is 360 g/mol. The Morgan fingerprint density at radius 1 is 1.21 bits per heavy atom. The minimum atomic E-state index is -0.177. The molecule has 3 rings (SSSR count). The first kappa shape index (κ1) is 16.7. The zero-order chi connectivity index (χ0) is 17.5. The Balaban J connectivity index is 1.84. The van der Waals surface area contributed by atoms with E-state index in [9.17, 15) is 4.79 Å². The van der Waals surface area contributed by atoms with Gasteiger partial charge in [0.1, 0.15) is 5.52 Å². The molecule has 2 aromatic carbocycles. The molecule has 1 aromatic heterocycles. The van der Waals surface area contributed by atoms with Gasteiger partial charge in [0.2, 0.25) is 0 Å². The summed E-state index contributed by atoms with van der Waals surface area (Å²) in [7, 11) is 0. The molecule has 0 aliphatic rings. The van der Waals surface area contributed by atoms with Gasteiger partial charge in [0.15, 0.2) is 5.13 Å². The maximum Gasteiger partial charge on any atom is 0.255 e. The molecule has 1 amide bonds. The topological polar surface area (TPSA) is 68.0 Å². The van der Waals surface area contributed by atoms with E-state index in [2.05, 4.69) is 31.1 Å². The first-order valence-electron chi connectivity index (χ1n) is 7.51. The number of nitrogens with one attached hydrogen (secondary N) is 1. The third-order valence-corrected chi connectivity index (χ3v) is 4.86. The van der Waals surface area contributed by atoms with Gasteiger partial charge in [0.25, 0.3) is 5.91 Å². The second-order valence-electron chi connectivity index (χ2n) is 6.64. The number of carbonyl (C=O) groups excluding carboxylic acids is 1. The van der Waals surface area contributed by atoms with Crippen LogP contribution in [0.2, 0.25) is 5.02 Å². The van der Waals surface area contributed by atoms with Crippen molar-refractivity contribution >= 4 is 49.9 Å². The minimum Gasteiger partial charge on any atom is -0.375 e. The van der Waals surface area contributed by atoms with E-state index in [1.165, 1.54) is 16.9 Å². The van der Waals surface area contributed by atoms with E-state index in [0.29, 0.717) is 26.9 Å². The number of nitrogens with zero attached hydrogens (tertiary/aromatic N) is 1. The number of anilines is 2. The summed E-state index contributed by atoms with van der Waals surface area (Å²) in [6.07, 6.45) is 0. The highest BCUT2D eigenvalue weighted by atomic mass is 35.5. The Morgan fingerprint density at radius 3 is 2.50 bits per heavy atom. The minimum absolute atomic E-state index is 0.0552. The van der Waals surface area contributed by atoms with Crippen LogP contribution in [0.3, 0.4) is 0 Å². The summed E-state index contributed by atoms with van der Waals surface area (Å²) in [6.45, 7) is 6.42. The fraction of sp³-hybridized carbons (Fsp3) is 0.222. The quantitative estimate of drug-likeness (QED) is 0.670. The van der Waals surface area contributed by atoms with Gasteiger partial charge in [-0.25, -0.2) is 4.98 Å². The van der Waals surface area contributed by atoms with Gasteiger partial charge in [-0.05, 0) is 35.2 Å². The molecule has 0 radical (unpaired) electrons. The Bertz CT molecular complexity index is 910. The normalized spacial score (nSPS) is 11.7. The second kappa shape index (κ2) is 6.07. The van der Waals surface area contributed by atoms with Crippen molar-refractivity contribution in [2.45, 2.75) is 26.2 Å². The monoisotopic (exact) mass is 359 g/mol. The number of fused-ring (bicyclic) bond motifs is 1. The van der Waals surface area contributed by atoms with Gasteiger partial charge in [-0.1, -0.05) is 55.8 Å². The molecule has 4 nitrogen and oxygen atoms in total. The predicted molar refractivity (Wildman–Crippen MR) is 102 cm³/mol. The van der Waals surface area contributed by atoms with Crippen molar-refractivity contribution < 1.29 is 4.79 Å². The molecule has 0 spiro atoms. The van der Waals surface area contributed by atoms with Crippen molar-refractivity contribution in [3.63, 3.8) is 0 Å². The highest BCUT2D eigenvalue weighted by Gasteiger charge is 2.15. The van der Waals surface area contributed by atoms with Gasteiger partial charge >= 0.3 is 0 Å².